The third-order valence-electron chi connectivity index (χ3n) is 2.76. The number of benzene rings is 1. The summed E-state index contributed by atoms with van der Waals surface area (Å²) in [5.74, 6) is -0.182. The van der Waals surface area contributed by atoms with E-state index in [9.17, 15) is 4.39 Å². The average Bonchev–Trinajstić information content (AvgIpc) is 2.71. The Balaban J connectivity index is 2.49. The summed E-state index contributed by atoms with van der Waals surface area (Å²) in [5.41, 5.74) is 2.99. The Hall–Kier alpha value is -0.710. The zero-order valence-electron chi connectivity index (χ0n) is 9.63. The molecule has 2 aromatic rings. The molecule has 0 fully saturated rings. The molecule has 2 rings (SSSR count). The summed E-state index contributed by atoms with van der Waals surface area (Å²) >= 11 is 5.02. The Morgan fingerprint density at radius 1 is 1.29 bits per heavy atom. The van der Waals surface area contributed by atoms with Crippen LogP contribution in [0, 0.1) is 12.7 Å². The lowest BCUT2D eigenvalue weighted by atomic mass is 9.98. The number of hydrogen-bond donors (Lipinski definition) is 1. The van der Waals surface area contributed by atoms with Gasteiger partial charge < -0.3 is 5.32 Å². The van der Waals surface area contributed by atoms with Crippen LogP contribution in [0.4, 0.5) is 4.39 Å². The molecule has 1 atom stereocenters. The summed E-state index contributed by atoms with van der Waals surface area (Å²) in [5, 5.41) is 7.32. The van der Waals surface area contributed by atoms with Crippen molar-refractivity contribution in [1.29, 1.82) is 0 Å². The van der Waals surface area contributed by atoms with Gasteiger partial charge in [0.15, 0.2) is 0 Å². The topological polar surface area (TPSA) is 12.0 Å². The van der Waals surface area contributed by atoms with Crippen molar-refractivity contribution < 1.29 is 4.39 Å². The van der Waals surface area contributed by atoms with Crippen LogP contribution >= 0.6 is 27.3 Å². The first-order valence-electron chi connectivity index (χ1n) is 5.28. The highest BCUT2D eigenvalue weighted by Crippen LogP contribution is 2.30. The maximum atomic E-state index is 13.9. The van der Waals surface area contributed by atoms with Gasteiger partial charge in [-0.15, -0.1) is 0 Å². The van der Waals surface area contributed by atoms with Gasteiger partial charge in [0.05, 0.1) is 6.04 Å². The molecular weight excluding hydrogens is 301 g/mol. The Morgan fingerprint density at radius 2 is 2.06 bits per heavy atom. The fourth-order valence-electron chi connectivity index (χ4n) is 1.88. The fraction of sp³-hybridized carbons (Fsp3) is 0.231. The van der Waals surface area contributed by atoms with E-state index < -0.39 is 0 Å². The number of rotatable bonds is 3. The summed E-state index contributed by atoms with van der Waals surface area (Å²) in [6, 6.07) is 4.93. The third kappa shape index (κ3) is 2.59. The lowest BCUT2D eigenvalue weighted by molar-refractivity contribution is 0.575. The number of thiophene rings is 1. The SMILES string of the molecule is CNC(c1cscc1C)c1cc(Br)ccc1F. The molecular formula is C13H13BrFNS. The molecule has 0 aliphatic rings. The summed E-state index contributed by atoms with van der Waals surface area (Å²) in [6.45, 7) is 2.05. The standard InChI is InChI=1S/C13H13BrFNS/c1-8-6-17-7-11(8)13(16-2)10-5-9(14)3-4-12(10)15/h3-7,13,16H,1-2H3. The molecule has 0 spiro atoms. The highest BCUT2D eigenvalue weighted by Gasteiger charge is 2.18. The molecule has 0 radical (unpaired) electrons. The van der Waals surface area contributed by atoms with Gasteiger partial charge >= 0.3 is 0 Å². The van der Waals surface area contributed by atoms with E-state index in [2.05, 4.69) is 32.0 Å². The summed E-state index contributed by atoms with van der Waals surface area (Å²) < 4.78 is 14.8. The molecule has 1 aromatic heterocycles. The minimum Gasteiger partial charge on any atom is -0.309 e. The Kier molecular flexibility index (Phi) is 3.97. The van der Waals surface area contributed by atoms with Crippen LogP contribution in [0.5, 0.6) is 0 Å². The minimum atomic E-state index is -0.182. The highest BCUT2D eigenvalue weighted by molar-refractivity contribution is 9.10. The van der Waals surface area contributed by atoms with E-state index in [0.29, 0.717) is 5.56 Å². The van der Waals surface area contributed by atoms with Gasteiger partial charge in [0.25, 0.3) is 0 Å². The van der Waals surface area contributed by atoms with Crippen LogP contribution in [0.3, 0.4) is 0 Å². The van der Waals surface area contributed by atoms with Crippen molar-refractivity contribution in [2.75, 3.05) is 7.05 Å². The van der Waals surface area contributed by atoms with Gasteiger partial charge in [-0.25, -0.2) is 4.39 Å². The first-order chi connectivity index (χ1) is 8.13. The number of hydrogen-bond acceptors (Lipinski definition) is 2. The molecule has 1 N–H and O–H groups in total. The van der Waals surface area contributed by atoms with E-state index in [1.807, 2.05) is 20.0 Å². The van der Waals surface area contributed by atoms with E-state index in [1.165, 1.54) is 11.6 Å². The van der Waals surface area contributed by atoms with Crippen LogP contribution in [-0.2, 0) is 0 Å². The second kappa shape index (κ2) is 5.29. The molecule has 1 nitrogen and oxygen atoms in total. The Bertz CT molecular complexity index is 524. The molecule has 0 aliphatic carbocycles. The first kappa shape index (κ1) is 12.7. The van der Waals surface area contributed by atoms with E-state index in [0.717, 1.165) is 10.0 Å². The molecule has 90 valence electrons. The lowest BCUT2D eigenvalue weighted by Gasteiger charge is -2.18. The van der Waals surface area contributed by atoms with E-state index >= 15 is 0 Å². The smallest absolute Gasteiger partial charge is 0.128 e. The minimum absolute atomic E-state index is 0.0984. The quantitative estimate of drug-likeness (QED) is 0.892. The van der Waals surface area contributed by atoms with Crippen molar-refractivity contribution >= 4 is 27.3 Å². The van der Waals surface area contributed by atoms with Crippen molar-refractivity contribution in [1.82, 2.24) is 5.32 Å². The van der Waals surface area contributed by atoms with Crippen molar-refractivity contribution in [3.63, 3.8) is 0 Å². The highest BCUT2D eigenvalue weighted by atomic mass is 79.9. The molecule has 0 saturated heterocycles. The molecule has 17 heavy (non-hydrogen) atoms. The molecule has 4 heteroatoms. The monoisotopic (exact) mass is 313 g/mol. The van der Waals surface area contributed by atoms with Crippen molar-refractivity contribution in [2.45, 2.75) is 13.0 Å². The predicted molar refractivity (Wildman–Crippen MR) is 74.1 cm³/mol. The summed E-state index contributed by atoms with van der Waals surface area (Å²) in [4.78, 5) is 0. The first-order valence-corrected chi connectivity index (χ1v) is 7.02. The molecule has 0 saturated carbocycles. The maximum absolute atomic E-state index is 13.9. The van der Waals surface area contributed by atoms with Gasteiger partial charge in [0.1, 0.15) is 5.82 Å². The van der Waals surface area contributed by atoms with Gasteiger partial charge in [-0.3, -0.25) is 0 Å². The summed E-state index contributed by atoms with van der Waals surface area (Å²) in [7, 11) is 1.85. The average molecular weight is 314 g/mol. The normalized spacial score (nSPS) is 12.7. The number of nitrogens with one attached hydrogen (secondary N) is 1. The molecule has 0 aliphatic heterocycles. The second-order valence-electron chi connectivity index (χ2n) is 3.90. The van der Waals surface area contributed by atoms with Crippen LogP contribution in [0.2, 0.25) is 0 Å². The van der Waals surface area contributed by atoms with Gasteiger partial charge in [-0.05, 0) is 54.1 Å². The number of aryl methyl sites for hydroxylation is 1. The maximum Gasteiger partial charge on any atom is 0.128 e. The zero-order valence-corrected chi connectivity index (χ0v) is 12.0. The Morgan fingerprint density at radius 3 is 2.65 bits per heavy atom. The molecule has 1 aromatic carbocycles. The zero-order chi connectivity index (χ0) is 12.4. The Labute approximate surface area is 113 Å². The summed E-state index contributed by atoms with van der Waals surface area (Å²) in [6.07, 6.45) is 0. The number of halogens is 2. The lowest BCUT2D eigenvalue weighted by Crippen LogP contribution is -2.19. The van der Waals surface area contributed by atoms with Crippen LogP contribution in [0.1, 0.15) is 22.7 Å². The second-order valence-corrected chi connectivity index (χ2v) is 5.56. The van der Waals surface area contributed by atoms with Gasteiger partial charge in [0.2, 0.25) is 0 Å². The fourth-order valence-corrected chi connectivity index (χ4v) is 3.14. The van der Waals surface area contributed by atoms with E-state index in [-0.39, 0.29) is 11.9 Å². The van der Waals surface area contributed by atoms with Crippen LogP contribution in [-0.4, -0.2) is 7.05 Å². The van der Waals surface area contributed by atoms with Crippen LogP contribution in [0.25, 0.3) is 0 Å². The van der Waals surface area contributed by atoms with E-state index in [4.69, 9.17) is 0 Å². The van der Waals surface area contributed by atoms with Crippen molar-refractivity contribution in [3.8, 4) is 0 Å². The van der Waals surface area contributed by atoms with Gasteiger partial charge in [0, 0.05) is 10.0 Å². The molecule has 1 heterocycles. The van der Waals surface area contributed by atoms with Gasteiger partial charge in [-0.2, -0.15) is 11.3 Å². The van der Waals surface area contributed by atoms with Gasteiger partial charge in [-0.1, -0.05) is 15.9 Å². The predicted octanol–water partition coefficient (Wildman–Crippen LogP) is 4.27. The third-order valence-corrected chi connectivity index (χ3v) is 4.14. The largest absolute Gasteiger partial charge is 0.309 e. The molecule has 1 unspecified atom stereocenters. The molecule has 0 amide bonds. The van der Waals surface area contributed by atoms with Crippen molar-refractivity contribution in [2.24, 2.45) is 0 Å². The van der Waals surface area contributed by atoms with E-state index in [1.54, 1.807) is 17.4 Å². The molecule has 0 bridgehead atoms. The van der Waals surface area contributed by atoms with Crippen LogP contribution < -0.4 is 5.32 Å². The van der Waals surface area contributed by atoms with Crippen molar-refractivity contribution in [3.05, 3.63) is 55.9 Å². The van der Waals surface area contributed by atoms with Crippen LogP contribution in [0.15, 0.2) is 33.4 Å².